The number of piperazine rings is 1. The number of hydrogen-bond acceptors (Lipinski definition) is 4. The van der Waals surface area contributed by atoms with Gasteiger partial charge in [0, 0.05) is 39.3 Å². The quantitative estimate of drug-likeness (QED) is 0.697. The second-order valence-electron chi connectivity index (χ2n) is 6.13. The molecule has 1 fully saturated rings. The van der Waals surface area contributed by atoms with Crippen LogP contribution < -0.4 is 0 Å². The van der Waals surface area contributed by atoms with Gasteiger partial charge in [-0.05, 0) is 25.0 Å². The predicted octanol–water partition coefficient (Wildman–Crippen LogP) is 1.26. The molecule has 0 aromatic carbocycles. The molecule has 1 aliphatic heterocycles. The van der Waals surface area contributed by atoms with E-state index in [1.807, 2.05) is 13.8 Å². The van der Waals surface area contributed by atoms with Gasteiger partial charge in [0.1, 0.15) is 11.4 Å². The Balaban J connectivity index is 2.11. The molecule has 0 atom stereocenters. The van der Waals surface area contributed by atoms with Crippen LogP contribution in [0.3, 0.4) is 0 Å². The molecule has 1 aromatic heterocycles. The molecule has 25 heavy (non-hydrogen) atoms. The average Bonchev–Trinajstić information content (AvgIpc) is 2.67. The molecule has 0 saturated carbocycles. The van der Waals surface area contributed by atoms with Crippen molar-refractivity contribution in [3.05, 3.63) is 29.6 Å². The molecule has 2 rings (SSSR count). The molecule has 1 saturated heterocycles. The summed E-state index contributed by atoms with van der Waals surface area (Å²) in [7, 11) is 0. The fraction of sp³-hybridized carbons (Fsp3) is 0.556. The first-order valence-electron chi connectivity index (χ1n) is 8.85. The highest BCUT2D eigenvalue weighted by Crippen LogP contribution is 2.10. The summed E-state index contributed by atoms with van der Waals surface area (Å²) >= 11 is 0. The third kappa shape index (κ3) is 4.78. The van der Waals surface area contributed by atoms with Crippen molar-refractivity contribution in [2.24, 2.45) is 0 Å². The molecule has 2 heterocycles. The fourth-order valence-electron chi connectivity index (χ4n) is 2.88. The summed E-state index contributed by atoms with van der Waals surface area (Å²) in [6, 6.07) is 4.99. The largest absolute Gasteiger partial charge is 0.342 e. The average molecular weight is 346 g/mol. The molecule has 0 N–H and O–H groups in total. The van der Waals surface area contributed by atoms with E-state index in [4.69, 9.17) is 0 Å². The zero-order chi connectivity index (χ0) is 18.2. The van der Waals surface area contributed by atoms with Crippen LogP contribution in [0.25, 0.3) is 0 Å². The van der Waals surface area contributed by atoms with Crippen LogP contribution in [0.1, 0.15) is 47.7 Å². The SMILES string of the molecule is CCCN(CCC)C(=O)c1cccc(C(=O)N2CCN(C=O)CC2)n1. The Morgan fingerprint density at radius 2 is 1.68 bits per heavy atom. The van der Waals surface area contributed by atoms with Crippen LogP contribution in [0.2, 0.25) is 0 Å². The van der Waals surface area contributed by atoms with Crippen molar-refractivity contribution in [2.45, 2.75) is 26.7 Å². The molecule has 136 valence electrons. The minimum atomic E-state index is -0.197. The molecule has 0 bridgehead atoms. The maximum absolute atomic E-state index is 12.7. The first kappa shape index (κ1) is 18.9. The molecular formula is C18H26N4O3. The Kier molecular flexibility index (Phi) is 6.91. The van der Waals surface area contributed by atoms with E-state index < -0.39 is 0 Å². The van der Waals surface area contributed by atoms with Gasteiger partial charge in [0.2, 0.25) is 6.41 Å². The van der Waals surface area contributed by atoms with Gasteiger partial charge < -0.3 is 14.7 Å². The summed E-state index contributed by atoms with van der Waals surface area (Å²) in [5, 5.41) is 0. The van der Waals surface area contributed by atoms with E-state index in [-0.39, 0.29) is 17.5 Å². The standard InChI is InChI=1S/C18H26N4O3/c1-3-8-21(9-4-2)17(24)15-6-5-7-16(19-15)18(25)22-12-10-20(14-23)11-13-22/h5-7,14H,3-4,8-13H2,1-2H3. The molecule has 0 aliphatic carbocycles. The smallest absolute Gasteiger partial charge is 0.272 e. The van der Waals surface area contributed by atoms with Crippen LogP contribution in [0.5, 0.6) is 0 Å². The van der Waals surface area contributed by atoms with Gasteiger partial charge in [0.15, 0.2) is 0 Å². The van der Waals surface area contributed by atoms with E-state index in [9.17, 15) is 14.4 Å². The van der Waals surface area contributed by atoms with Gasteiger partial charge in [0.25, 0.3) is 11.8 Å². The lowest BCUT2D eigenvalue weighted by atomic mass is 10.2. The van der Waals surface area contributed by atoms with Gasteiger partial charge in [-0.25, -0.2) is 4.98 Å². The number of pyridine rings is 1. The van der Waals surface area contributed by atoms with Crippen LogP contribution in [-0.4, -0.2) is 77.2 Å². The number of aromatic nitrogens is 1. The lowest BCUT2D eigenvalue weighted by Crippen LogP contribution is -2.48. The molecule has 7 heteroatoms. The van der Waals surface area contributed by atoms with Crippen molar-refractivity contribution in [3.8, 4) is 0 Å². The predicted molar refractivity (Wildman–Crippen MR) is 94.3 cm³/mol. The zero-order valence-electron chi connectivity index (χ0n) is 15.0. The Hall–Kier alpha value is -2.44. The summed E-state index contributed by atoms with van der Waals surface area (Å²) in [6.45, 7) is 7.43. The van der Waals surface area contributed by atoms with Crippen LogP contribution >= 0.6 is 0 Å². The van der Waals surface area contributed by atoms with Crippen LogP contribution in [0.4, 0.5) is 0 Å². The van der Waals surface area contributed by atoms with Gasteiger partial charge >= 0.3 is 0 Å². The van der Waals surface area contributed by atoms with E-state index in [1.165, 1.54) is 0 Å². The van der Waals surface area contributed by atoms with Crippen molar-refractivity contribution >= 4 is 18.2 Å². The highest BCUT2D eigenvalue weighted by Gasteiger charge is 2.23. The number of carbonyl (C=O) groups excluding carboxylic acids is 3. The van der Waals surface area contributed by atoms with Crippen molar-refractivity contribution in [1.29, 1.82) is 0 Å². The number of amides is 3. The van der Waals surface area contributed by atoms with Crippen LogP contribution in [0.15, 0.2) is 18.2 Å². The van der Waals surface area contributed by atoms with Gasteiger partial charge in [-0.1, -0.05) is 19.9 Å². The molecule has 0 spiro atoms. The summed E-state index contributed by atoms with van der Waals surface area (Å²) < 4.78 is 0. The summed E-state index contributed by atoms with van der Waals surface area (Å²) in [6.07, 6.45) is 2.56. The van der Waals surface area contributed by atoms with E-state index in [1.54, 1.807) is 32.9 Å². The van der Waals surface area contributed by atoms with E-state index in [0.717, 1.165) is 19.3 Å². The van der Waals surface area contributed by atoms with Crippen molar-refractivity contribution in [2.75, 3.05) is 39.3 Å². The Bertz CT molecular complexity index is 606. The van der Waals surface area contributed by atoms with Crippen LogP contribution in [-0.2, 0) is 4.79 Å². The first-order valence-corrected chi connectivity index (χ1v) is 8.85. The number of nitrogens with zero attached hydrogens (tertiary/aromatic N) is 4. The number of carbonyl (C=O) groups is 3. The summed E-state index contributed by atoms with van der Waals surface area (Å²) in [5.74, 6) is -0.332. The second-order valence-corrected chi connectivity index (χ2v) is 6.13. The van der Waals surface area contributed by atoms with Crippen molar-refractivity contribution in [1.82, 2.24) is 19.7 Å². The minimum Gasteiger partial charge on any atom is -0.342 e. The number of rotatable bonds is 7. The maximum Gasteiger partial charge on any atom is 0.272 e. The fourth-order valence-corrected chi connectivity index (χ4v) is 2.88. The Morgan fingerprint density at radius 1 is 1.08 bits per heavy atom. The maximum atomic E-state index is 12.7. The normalized spacial score (nSPS) is 14.3. The summed E-state index contributed by atoms with van der Waals surface area (Å²) in [5.41, 5.74) is 0.581. The topological polar surface area (TPSA) is 73.8 Å². The van der Waals surface area contributed by atoms with Crippen LogP contribution in [0, 0.1) is 0 Å². The third-order valence-electron chi connectivity index (χ3n) is 4.21. The Labute approximate surface area is 148 Å². The van der Waals surface area contributed by atoms with E-state index in [0.29, 0.717) is 45.0 Å². The Morgan fingerprint density at radius 3 is 2.24 bits per heavy atom. The van der Waals surface area contributed by atoms with Crippen molar-refractivity contribution < 1.29 is 14.4 Å². The molecular weight excluding hydrogens is 320 g/mol. The summed E-state index contributed by atoms with van der Waals surface area (Å²) in [4.78, 5) is 45.4. The molecule has 7 nitrogen and oxygen atoms in total. The lowest BCUT2D eigenvalue weighted by molar-refractivity contribution is -0.119. The molecule has 1 aromatic rings. The monoisotopic (exact) mass is 346 g/mol. The zero-order valence-corrected chi connectivity index (χ0v) is 15.0. The second kappa shape index (κ2) is 9.15. The van der Waals surface area contributed by atoms with Crippen molar-refractivity contribution in [3.63, 3.8) is 0 Å². The van der Waals surface area contributed by atoms with E-state index >= 15 is 0 Å². The third-order valence-corrected chi connectivity index (χ3v) is 4.21. The van der Waals surface area contributed by atoms with Gasteiger partial charge in [-0.15, -0.1) is 0 Å². The highest BCUT2D eigenvalue weighted by atomic mass is 16.2. The molecule has 0 radical (unpaired) electrons. The van der Waals surface area contributed by atoms with E-state index in [2.05, 4.69) is 4.98 Å². The molecule has 3 amide bonds. The minimum absolute atomic E-state index is 0.135. The molecule has 1 aliphatic rings. The van der Waals surface area contributed by atoms with Gasteiger partial charge in [-0.3, -0.25) is 14.4 Å². The lowest BCUT2D eigenvalue weighted by Gasteiger charge is -2.32. The van der Waals surface area contributed by atoms with Gasteiger partial charge in [-0.2, -0.15) is 0 Å². The first-order chi connectivity index (χ1) is 12.1. The van der Waals surface area contributed by atoms with Gasteiger partial charge in [0.05, 0.1) is 0 Å². The highest BCUT2D eigenvalue weighted by molar-refractivity contribution is 5.96. The number of hydrogen-bond donors (Lipinski definition) is 0. The molecule has 0 unspecified atom stereocenters.